The van der Waals surface area contributed by atoms with Gasteiger partial charge in [0.15, 0.2) is 0 Å². The first-order valence-corrected chi connectivity index (χ1v) is 10.2. The molecule has 1 fully saturated rings. The molecule has 3 rings (SSSR count). The highest BCUT2D eigenvalue weighted by Gasteiger charge is 2.23. The maximum Gasteiger partial charge on any atom is 0.220 e. The summed E-state index contributed by atoms with van der Waals surface area (Å²) in [7, 11) is 1.66. The first-order valence-electron chi connectivity index (χ1n) is 10.2. The number of amides is 1. The van der Waals surface area contributed by atoms with Gasteiger partial charge in [-0.15, -0.1) is 0 Å². The topological polar surface area (TPSA) is 60.0 Å². The van der Waals surface area contributed by atoms with E-state index >= 15 is 0 Å². The maximum absolute atomic E-state index is 12.3. The standard InChI is InChI=1S/C23H30N2O4/c1-27-20-11-9-19(10-12-20)22(25-13-16-28-17-14-25)18-24-23(26)8-5-15-29-21-6-3-2-4-7-21/h2-4,6-7,9-12,22H,5,8,13-18H2,1H3,(H,24,26). The van der Waals surface area contributed by atoms with Crippen LogP contribution in [-0.2, 0) is 9.53 Å². The Kier molecular flexibility index (Phi) is 8.34. The number of ether oxygens (including phenoxy) is 3. The van der Waals surface area contributed by atoms with Crippen molar-refractivity contribution in [2.75, 3.05) is 46.6 Å². The van der Waals surface area contributed by atoms with Gasteiger partial charge in [0.1, 0.15) is 11.5 Å². The van der Waals surface area contributed by atoms with Gasteiger partial charge in [-0.05, 0) is 36.2 Å². The van der Waals surface area contributed by atoms with Crippen LogP contribution in [0.2, 0.25) is 0 Å². The van der Waals surface area contributed by atoms with Crippen LogP contribution in [0.5, 0.6) is 11.5 Å². The third-order valence-electron chi connectivity index (χ3n) is 5.04. The van der Waals surface area contributed by atoms with Gasteiger partial charge in [-0.2, -0.15) is 0 Å². The van der Waals surface area contributed by atoms with Crippen molar-refractivity contribution in [3.8, 4) is 11.5 Å². The molecule has 1 heterocycles. The molecule has 1 saturated heterocycles. The van der Waals surface area contributed by atoms with E-state index in [1.807, 2.05) is 42.5 Å². The molecule has 156 valence electrons. The number of benzene rings is 2. The molecule has 0 saturated carbocycles. The first kappa shape index (κ1) is 21.1. The molecular formula is C23H30N2O4. The van der Waals surface area contributed by atoms with Crippen molar-refractivity contribution >= 4 is 5.91 Å². The molecule has 6 heteroatoms. The summed E-state index contributed by atoms with van der Waals surface area (Å²) in [6.07, 6.45) is 1.14. The van der Waals surface area contributed by atoms with E-state index in [0.29, 0.717) is 26.0 Å². The lowest BCUT2D eigenvalue weighted by Crippen LogP contribution is -2.43. The average Bonchev–Trinajstić information content (AvgIpc) is 2.79. The third-order valence-corrected chi connectivity index (χ3v) is 5.04. The summed E-state index contributed by atoms with van der Waals surface area (Å²) < 4.78 is 16.4. The van der Waals surface area contributed by atoms with Crippen LogP contribution in [0.4, 0.5) is 0 Å². The highest BCUT2D eigenvalue weighted by Crippen LogP contribution is 2.23. The van der Waals surface area contributed by atoms with Gasteiger partial charge in [-0.1, -0.05) is 30.3 Å². The molecule has 0 radical (unpaired) electrons. The third kappa shape index (κ3) is 6.76. The Morgan fingerprint density at radius 2 is 1.79 bits per heavy atom. The SMILES string of the molecule is COc1ccc(C(CNC(=O)CCCOc2ccccc2)N2CCOCC2)cc1. The number of carbonyl (C=O) groups excluding carboxylic acids is 1. The molecule has 0 bridgehead atoms. The number of para-hydroxylation sites is 1. The van der Waals surface area contributed by atoms with Crippen LogP contribution in [0.1, 0.15) is 24.4 Å². The average molecular weight is 399 g/mol. The molecule has 1 atom stereocenters. The van der Waals surface area contributed by atoms with Gasteiger partial charge in [-0.25, -0.2) is 0 Å². The van der Waals surface area contributed by atoms with Crippen LogP contribution in [-0.4, -0.2) is 57.4 Å². The minimum absolute atomic E-state index is 0.0495. The van der Waals surface area contributed by atoms with E-state index < -0.39 is 0 Å². The van der Waals surface area contributed by atoms with Crippen LogP contribution < -0.4 is 14.8 Å². The van der Waals surface area contributed by atoms with E-state index in [2.05, 4.69) is 22.3 Å². The molecule has 0 spiro atoms. The predicted molar refractivity (Wildman–Crippen MR) is 112 cm³/mol. The van der Waals surface area contributed by atoms with Crippen LogP contribution in [0.15, 0.2) is 54.6 Å². The molecule has 6 nitrogen and oxygen atoms in total. The number of hydrogen-bond donors (Lipinski definition) is 1. The van der Waals surface area contributed by atoms with Gasteiger partial charge in [0.25, 0.3) is 0 Å². The molecule has 2 aromatic carbocycles. The molecule has 29 heavy (non-hydrogen) atoms. The molecule has 2 aromatic rings. The van der Waals surface area contributed by atoms with Crippen LogP contribution in [0, 0.1) is 0 Å². The van der Waals surface area contributed by atoms with E-state index in [-0.39, 0.29) is 11.9 Å². The smallest absolute Gasteiger partial charge is 0.220 e. The zero-order chi connectivity index (χ0) is 20.3. The predicted octanol–water partition coefficient (Wildman–Crippen LogP) is 3.04. The van der Waals surface area contributed by atoms with Gasteiger partial charge in [0, 0.05) is 26.1 Å². The number of nitrogens with one attached hydrogen (secondary N) is 1. The summed E-state index contributed by atoms with van der Waals surface area (Å²) in [5.41, 5.74) is 1.17. The van der Waals surface area contributed by atoms with Crippen molar-refractivity contribution in [2.45, 2.75) is 18.9 Å². The van der Waals surface area contributed by atoms with E-state index in [4.69, 9.17) is 14.2 Å². The molecule has 0 aromatic heterocycles. The Morgan fingerprint density at radius 1 is 1.07 bits per heavy atom. The fourth-order valence-corrected chi connectivity index (χ4v) is 3.41. The second-order valence-corrected chi connectivity index (χ2v) is 7.01. The van der Waals surface area contributed by atoms with Crippen LogP contribution in [0.25, 0.3) is 0 Å². The van der Waals surface area contributed by atoms with Gasteiger partial charge < -0.3 is 19.5 Å². The van der Waals surface area contributed by atoms with Gasteiger partial charge in [0.05, 0.1) is 33.0 Å². The number of methoxy groups -OCH3 is 1. The summed E-state index contributed by atoms with van der Waals surface area (Å²) in [5.74, 6) is 1.71. The van der Waals surface area contributed by atoms with E-state index in [9.17, 15) is 4.79 Å². The Hall–Kier alpha value is -2.57. The summed E-state index contributed by atoms with van der Waals surface area (Å²) in [4.78, 5) is 14.7. The quantitative estimate of drug-likeness (QED) is 0.624. The Labute approximate surface area is 172 Å². The lowest BCUT2D eigenvalue weighted by molar-refractivity contribution is -0.121. The van der Waals surface area contributed by atoms with E-state index in [1.165, 1.54) is 5.56 Å². The minimum atomic E-state index is 0.0495. The first-order chi connectivity index (χ1) is 14.3. The summed E-state index contributed by atoms with van der Waals surface area (Å²) in [6, 6.07) is 17.8. The molecule has 1 amide bonds. The van der Waals surface area contributed by atoms with Crippen molar-refractivity contribution in [3.05, 3.63) is 60.2 Å². The molecular weight excluding hydrogens is 368 g/mol. The van der Waals surface area contributed by atoms with E-state index in [0.717, 1.165) is 37.8 Å². The van der Waals surface area contributed by atoms with Crippen LogP contribution >= 0.6 is 0 Å². The monoisotopic (exact) mass is 398 g/mol. The maximum atomic E-state index is 12.3. The highest BCUT2D eigenvalue weighted by atomic mass is 16.5. The fourth-order valence-electron chi connectivity index (χ4n) is 3.41. The van der Waals surface area contributed by atoms with E-state index in [1.54, 1.807) is 7.11 Å². The molecule has 1 aliphatic heterocycles. The normalized spacial score (nSPS) is 15.5. The Morgan fingerprint density at radius 3 is 2.48 bits per heavy atom. The molecule has 1 N–H and O–H groups in total. The Balaban J connectivity index is 1.48. The Bertz CT molecular complexity index is 730. The van der Waals surface area contributed by atoms with Crippen molar-refractivity contribution in [3.63, 3.8) is 0 Å². The summed E-state index contributed by atoms with van der Waals surface area (Å²) >= 11 is 0. The summed E-state index contributed by atoms with van der Waals surface area (Å²) in [5, 5.41) is 3.10. The lowest BCUT2D eigenvalue weighted by atomic mass is 10.0. The van der Waals surface area contributed by atoms with Crippen molar-refractivity contribution in [1.29, 1.82) is 0 Å². The number of morpholine rings is 1. The second-order valence-electron chi connectivity index (χ2n) is 7.01. The number of carbonyl (C=O) groups is 1. The highest BCUT2D eigenvalue weighted by molar-refractivity contribution is 5.75. The lowest BCUT2D eigenvalue weighted by Gasteiger charge is -2.35. The number of rotatable bonds is 10. The molecule has 1 aliphatic rings. The van der Waals surface area contributed by atoms with Crippen molar-refractivity contribution in [1.82, 2.24) is 10.2 Å². The van der Waals surface area contributed by atoms with Gasteiger partial charge in [0.2, 0.25) is 5.91 Å². The van der Waals surface area contributed by atoms with Gasteiger partial charge in [-0.3, -0.25) is 9.69 Å². The summed E-state index contributed by atoms with van der Waals surface area (Å²) in [6.45, 7) is 4.26. The zero-order valence-corrected chi connectivity index (χ0v) is 17.0. The second kappa shape index (κ2) is 11.4. The van der Waals surface area contributed by atoms with Crippen LogP contribution in [0.3, 0.4) is 0 Å². The van der Waals surface area contributed by atoms with Crippen molar-refractivity contribution < 1.29 is 19.0 Å². The largest absolute Gasteiger partial charge is 0.497 e. The zero-order valence-electron chi connectivity index (χ0n) is 17.0. The van der Waals surface area contributed by atoms with Gasteiger partial charge >= 0.3 is 0 Å². The molecule has 0 aliphatic carbocycles. The van der Waals surface area contributed by atoms with Crippen molar-refractivity contribution in [2.24, 2.45) is 0 Å². The number of nitrogens with zero attached hydrogens (tertiary/aromatic N) is 1. The fraction of sp³-hybridized carbons (Fsp3) is 0.435. The number of hydrogen-bond acceptors (Lipinski definition) is 5. The minimum Gasteiger partial charge on any atom is -0.497 e. The molecule has 1 unspecified atom stereocenters.